The van der Waals surface area contributed by atoms with Crippen molar-refractivity contribution in [3.63, 3.8) is 0 Å². The van der Waals surface area contributed by atoms with Crippen LogP contribution >= 0.6 is 0 Å². The molecule has 0 aromatic heterocycles. The molecule has 0 aromatic rings. The molecule has 1 saturated carbocycles. The Morgan fingerprint density at radius 3 is 2.65 bits per heavy atom. The highest BCUT2D eigenvalue weighted by atomic mass is 16.8. The van der Waals surface area contributed by atoms with Crippen molar-refractivity contribution >= 4 is 0 Å². The van der Waals surface area contributed by atoms with Gasteiger partial charge >= 0.3 is 0 Å². The van der Waals surface area contributed by atoms with E-state index in [1.165, 1.54) is 19.3 Å². The highest BCUT2D eigenvalue weighted by Crippen LogP contribution is 2.48. The monoisotopic (exact) mass is 327 g/mol. The van der Waals surface area contributed by atoms with Crippen LogP contribution in [0.25, 0.3) is 0 Å². The van der Waals surface area contributed by atoms with E-state index in [-0.39, 0.29) is 37.0 Å². The first-order chi connectivity index (χ1) is 11.3. The second-order valence-electron chi connectivity index (χ2n) is 7.37. The van der Waals surface area contributed by atoms with Crippen molar-refractivity contribution in [2.24, 2.45) is 0 Å². The zero-order chi connectivity index (χ0) is 15.9. The molecule has 23 heavy (non-hydrogen) atoms. The van der Waals surface area contributed by atoms with E-state index in [9.17, 15) is 5.11 Å². The van der Waals surface area contributed by atoms with Gasteiger partial charge in [-0.25, -0.2) is 0 Å². The normalized spacial score (nSPS) is 42.8. The third kappa shape index (κ3) is 2.73. The van der Waals surface area contributed by atoms with E-state index in [4.69, 9.17) is 18.9 Å². The Hall–Kier alpha value is -0.240. The van der Waals surface area contributed by atoms with Gasteiger partial charge < -0.3 is 24.1 Å². The number of nitrogens with zero attached hydrogens (tertiary/aromatic N) is 1. The molecular formula is C17H29NO5. The number of aliphatic hydroxyl groups excluding tert-OH is 1. The molecule has 1 N–H and O–H groups in total. The van der Waals surface area contributed by atoms with Gasteiger partial charge in [-0.3, -0.25) is 4.90 Å². The first-order valence-corrected chi connectivity index (χ1v) is 9.11. The number of hydrogen-bond acceptors (Lipinski definition) is 6. The lowest BCUT2D eigenvalue weighted by atomic mass is 9.94. The van der Waals surface area contributed by atoms with E-state index >= 15 is 0 Å². The van der Waals surface area contributed by atoms with E-state index in [0.717, 1.165) is 32.2 Å². The molecule has 1 spiro atoms. The maximum absolute atomic E-state index is 9.96. The van der Waals surface area contributed by atoms with Gasteiger partial charge in [-0.1, -0.05) is 6.42 Å². The van der Waals surface area contributed by atoms with Crippen molar-refractivity contribution in [1.82, 2.24) is 4.90 Å². The van der Waals surface area contributed by atoms with Crippen molar-refractivity contribution in [3.05, 3.63) is 0 Å². The van der Waals surface area contributed by atoms with Crippen LogP contribution in [0.5, 0.6) is 0 Å². The molecule has 4 aliphatic rings. The quantitative estimate of drug-likeness (QED) is 0.785. The summed E-state index contributed by atoms with van der Waals surface area (Å²) in [6.45, 7) is 1.41. The summed E-state index contributed by atoms with van der Waals surface area (Å²) < 4.78 is 24.0. The molecule has 6 heteroatoms. The van der Waals surface area contributed by atoms with Gasteiger partial charge in [0.1, 0.15) is 19.0 Å². The van der Waals surface area contributed by atoms with Crippen molar-refractivity contribution < 1.29 is 24.1 Å². The fourth-order valence-electron chi connectivity index (χ4n) is 5.08. The first-order valence-electron chi connectivity index (χ1n) is 9.11. The minimum atomic E-state index is -0.406. The lowest BCUT2D eigenvalue weighted by molar-refractivity contribution is -0.222. The maximum atomic E-state index is 9.96. The van der Waals surface area contributed by atoms with Crippen molar-refractivity contribution in [2.75, 3.05) is 27.1 Å². The topological polar surface area (TPSA) is 60.4 Å². The zero-order valence-electron chi connectivity index (χ0n) is 14.0. The lowest BCUT2D eigenvalue weighted by Gasteiger charge is -2.42. The molecule has 0 unspecified atom stereocenters. The van der Waals surface area contributed by atoms with Gasteiger partial charge in [-0.2, -0.15) is 0 Å². The van der Waals surface area contributed by atoms with Crippen LogP contribution in [0.2, 0.25) is 0 Å². The summed E-state index contributed by atoms with van der Waals surface area (Å²) in [6.07, 6.45) is 7.72. The second-order valence-corrected chi connectivity index (χ2v) is 7.37. The molecule has 0 amide bonds. The summed E-state index contributed by atoms with van der Waals surface area (Å²) in [7, 11) is 1.65. The molecule has 4 rings (SSSR count). The fraction of sp³-hybridized carbons (Fsp3) is 1.00. The van der Waals surface area contributed by atoms with Crippen LogP contribution in [0, 0.1) is 0 Å². The van der Waals surface area contributed by atoms with Crippen molar-refractivity contribution in [3.8, 4) is 0 Å². The number of aliphatic hydroxyl groups is 1. The van der Waals surface area contributed by atoms with Gasteiger partial charge in [-0.05, 0) is 32.2 Å². The van der Waals surface area contributed by atoms with Crippen LogP contribution in [0.3, 0.4) is 0 Å². The maximum Gasteiger partial charge on any atom is 0.169 e. The van der Waals surface area contributed by atoms with Gasteiger partial charge in [0, 0.05) is 20.0 Å². The highest BCUT2D eigenvalue weighted by Gasteiger charge is 2.62. The standard InChI is InChI=1S/C17H29NO5/c1-20-11-21-13-6-5-9-18-12(10-19)15-16(14(13)18)23-17(22-15)7-3-2-4-8-17/h12-16,19H,2-11H2,1H3/t12-,13+,14+,15+,16-/m0/s1. The Labute approximate surface area is 138 Å². The molecule has 5 atom stereocenters. The number of rotatable bonds is 4. The minimum Gasteiger partial charge on any atom is -0.395 e. The molecule has 3 saturated heterocycles. The summed E-state index contributed by atoms with van der Waals surface area (Å²) in [5, 5.41) is 9.96. The average Bonchev–Trinajstić information content (AvgIpc) is 3.06. The predicted molar refractivity (Wildman–Crippen MR) is 82.9 cm³/mol. The molecule has 0 bridgehead atoms. The zero-order valence-corrected chi connectivity index (χ0v) is 14.0. The van der Waals surface area contributed by atoms with Gasteiger partial charge in [0.05, 0.1) is 24.8 Å². The number of methoxy groups -OCH3 is 1. The van der Waals surface area contributed by atoms with Crippen LogP contribution < -0.4 is 0 Å². The molecular weight excluding hydrogens is 298 g/mol. The number of fused-ring (bicyclic) bond motifs is 3. The van der Waals surface area contributed by atoms with E-state index < -0.39 is 5.79 Å². The second kappa shape index (κ2) is 6.58. The van der Waals surface area contributed by atoms with Crippen molar-refractivity contribution in [2.45, 2.75) is 81.1 Å². The van der Waals surface area contributed by atoms with Gasteiger partial charge in [0.15, 0.2) is 5.79 Å². The highest BCUT2D eigenvalue weighted by molar-refractivity contribution is 5.10. The SMILES string of the molecule is COCO[C@@H]1CCCN2[C@H]1[C@@H]1OC3(CCCCC3)O[C@@H]1[C@@H]2CO. The summed E-state index contributed by atoms with van der Waals surface area (Å²) >= 11 is 0. The van der Waals surface area contributed by atoms with Gasteiger partial charge in [0.25, 0.3) is 0 Å². The molecule has 132 valence electrons. The number of ether oxygens (including phenoxy) is 4. The molecule has 3 aliphatic heterocycles. The summed E-state index contributed by atoms with van der Waals surface area (Å²) in [6, 6.07) is 0.197. The summed E-state index contributed by atoms with van der Waals surface area (Å²) in [4.78, 5) is 2.36. The fourth-order valence-corrected chi connectivity index (χ4v) is 5.08. The average molecular weight is 327 g/mol. The smallest absolute Gasteiger partial charge is 0.169 e. The van der Waals surface area contributed by atoms with E-state index in [1.54, 1.807) is 7.11 Å². The Balaban J connectivity index is 1.56. The van der Waals surface area contributed by atoms with Gasteiger partial charge in [-0.15, -0.1) is 0 Å². The molecule has 1 aliphatic carbocycles. The molecule has 0 aromatic carbocycles. The third-order valence-electron chi connectivity index (χ3n) is 6.04. The van der Waals surface area contributed by atoms with Gasteiger partial charge in [0.2, 0.25) is 0 Å². The van der Waals surface area contributed by atoms with Crippen LogP contribution in [-0.2, 0) is 18.9 Å². The Morgan fingerprint density at radius 2 is 1.91 bits per heavy atom. The Bertz CT molecular complexity index is 414. The van der Waals surface area contributed by atoms with Crippen LogP contribution in [-0.4, -0.2) is 73.2 Å². The molecule has 3 heterocycles. The largest absolute Gasteiger partial charge is 0.395 e. The molecule has 0 radical (unpaired) electrons. The number of piperidine rings is 1. The van der Waals surface area contributed by atoms with Crippen LogP contribution in [0.1, 0.15) is 44.9 Å². The predicted octanol–water partition coefficient (Wildman–Crippen LogP) is 1.26. The summed E-state index contributed by atoms with van der Waals surface area (Å²) in [5.41, 5.74) is 0. The molecule has 4 fully saturated rings. The van der Waals surface area contributed by atoms with E-state index in [1.807, 2.05) is 0 Å². The Kier molecular flexibility index (Phi) is 4.64. The number of hydrogen-bond donors (Lipinski definition) is 1. The van der Waals surface area contributed by atoms with E-state index in [2.05, 4.69) is 4.90 Å². The van der Waals surface area contributed by atoms with E-state index in [0.29, 0.717) is 6.79 Å². The van der Waals surface area contributed by atoms with Crippen LogP contribution in [0.4, 0.5) is 0 Å². The van der Waals surface area contributed by atoms with Crippen LogP contribution in [0.15, 0.2) is 0 Å². The third-order valence-corrected chi connectivity index (χ3v) is 6.04. The Morgan fingerprint density at radius 1 is 1.13 bits per heavy atom. The van der Waals surface area contributed by atoms with Crippen molar-refractivity contribution in [1.29, 1.82) is 0 Å². The lowest BCUT2D eigenvalue weighted by Crippen LogP contribution is -2.54. The first kappa shape index (κ1) is 16.2. The molecule has 6 nitrogen and oxygen atoms in total. The minimum absolute atomic E-state index is 0.00686. The summed E-state index contributed by atoms with van der Waals surface area (Å²) in [5.74, 6) is -0.406.